The van der Waals surface area contributed by atoms with Crippen molar-refractivity contribution in [2.24, 2.45) is 22.9 Å². The summed E-state index contributed by atoms with van der Waals surface area (Å²) in [4.78, 5) is 66.8. The van der Waals surface area contributed by atoms with E-state index in [4.69, 9.17) is 5.73 Å². The number of carbonyl (C=O) groups is 4. The molecule has 0 radical (unpaired) electrons. The Morgan fingerprint density at radius 2 is 1.75 bits per heavy atom. The lowest BCUT2D eigenvalue weighted by molar-refractivity contribution is -0.153. The molecule has 15 nitrogen and oxygen atoms in total. The average Bonchev–Trinajstić information content (AvgIpc) is 2.89. The van der Waals surface area contributed by atoms with Crippen LogP contribution in [0, 0.1) is 16.7 Å². The zero-order chi connectivity index (χ0) is 33.2. The van der Waals surface area contributed by atoms with Crippen LogP contribution >= 0.6 is 0 Å². The van der Waals surface area contributed by atoms with Crippen LogP contribution in [0.15, 0.2) is 28.3 Å². The fourth-order valence-electron chi connectivity index (χ4n) is 6.50. The van der Waals surface area contributed by atoms with Crippen LogP contribution in [0.5, 0.6) is 5.75 Å². The molecule has 0 bridgehead atoms. The number of phenols is 1. The number of rotatable bonds is 7. The number of ketones is 2. The molecule has 4 rings (SSSR count). The van der Waals surface area contributed by atoms with E-state index >= 15 is 0 Å². The third-order valence-corrected chi connectivity index (χ3v) is 8.62. The number of anilines is 2. The molecule has 7 N–H and O–H groups in total. The van der Waals surface area contributed by atoms with Crippen LogP contribution in [0.2, 0.25) is 0 Å². The number of amides is 2. The van der Waals surface area contributed by atoms with Gasteiger partial charge in [0.1, 0.15) is 29.4 Å². The second-order valence-electron chi connectivity index (χ2n) is 12.9. The van der Waals surface area contributed by atoms with Crippen molar-refractivity contribution in [2.45, 2.75) is 50.8 Å². The van der Waals surface area contributed by atoms with Gasteiger partial charge in [-0.15, -0.1) is 4.91 Å². The standard InChI is InChI=1S/C29H38N6O9/c1-28(2,3)35(32-44)11-17(36)31-15-10-16(33(4)5)13-8-12-9-14-21(34(6)7)24(39)20(27(30)42)26(41)29(14,43)25(40)18(12)23(38)19(13)22(15)37/h10,12,14,21,37-38,41,43H,8-9,11H2,1-7H3,(H2,30,42)(H,31,36)/t12?,14?,21-,29-/m0/s1. The van der Waals surface area contributed by atoms with Crippen LogP contribution in [-0.2, 0) is 25.6 Å². The number of primary amides is 1. The number of nitrogens with one attached hydrogen (secondary N) is 1. The average molecular weight is 615 g/mol. The van der Waals surface area contributed by atoms with Gasteiger partial charge in [-0.2, -0.15) is 0 Å². The minimum absolute atomic E-state index is 0.0563. The van der Waals surface area contributed by atoms with Crippen LogP contribution < -0.4 is 16.0 Å². The van der Waals surface area contributed by atoms with Crippen molar-refractivity contribution in [3.05, 3.63) is 39.0 Å². The van der Waals surface area contributed by atoms with Gasteiger partial charge in [0.2, 0.25) is 11.7 Å². The normalized spacial score (nSPS) is 24.9. The molecular formula is C29H38N6O9. The minimum atomic E-state index is -2.77. The first-order valence-corrected chi connectivity index (χ1v) is 13.9. The third kappa shape index (κ3) is 4.85. The van der Waals surface area contributed by atoms with Gasteiger partial charge in [-0.1, -0.05) is 0 Å². The minimum Gasteiger partial charge on any atom is -0.508 e. The van der Waals surface area contributed by atoms with E-state index in [-0.39, 0.29) is 29.7 Å². The molecule has 15 heteroatoms. The van der Waals surface area contributed by atoms with Crippen LogP contribution in [-0.4, -0.2) is 106 Å². The molecule has 4 atom stereocenters. The monoisotopic (exact) mass is 614 g/mol. The van der Waals surface area contributed by atoms with Crippen molar-refractivity contribution in [2.75, 3.05) is 45.0 Å². The summed E-state index contributed by atoms with van der Waals surface area (Å²) in [6.07, 6.45) is 0.0237. The number of Topliss-reactive ketones (excluding diaryl/α,β-unsaturated/α-hetero) is 2. The Kier molecular flexibility index (Phi) is 8.02. The maximum absolute atomic E-state index is 14.1. The quantitative estimate of drug-likeness (QED) is 0.108. The van der Waals surface area contributed by atoms with E-state index in [9.17, 15) is 44.5 Å². The summed E-state index contributed by atoms with van der Waals surface area (Å²) in [5, 5.41) is 52.1. The van der Waals surface area contributed by atoms with Crippen molar-refractivity contribution < 1.29 is 39.6 Å². The molecule has 3 aliphatic rings. The molecule has 3 aliphatic carbocycles. The summed E-state index contributed by atoms with van der Waals surface area (Å²) >= 11 is 0. The fraction of sp³-hybridized carbons (Fsp3) is 0.517. The molecule has 0 saturated heterocycles. The second-order valence-corrected chi connectivity index (χ2v) is 12.9. The van der Waals surface area contributed by atoms with Gasteiger partial charge in [-0.25, -0.2) is 5.01 Å². The molecular weight excluding hydrogens is 576 g/mol. The summed E-state index contributed by atoms with van der Waals surface area (Å²) in [5.74, 6) is -8.40. The number of phenolic OH excluding ortho intramolecular Hbond substituents is 1. The summed E-state index contributed by atoms with van der Waals surface area (Å²) in [7, 11) is 6.45. The maximum atomic E-state index is 14.1. The first kappa shape index (κ1) is 32.4. The highest BCUT2D eigenvalue weighted by Gasteiger charge is 2.64. The number of benzene rings is 1. The number of carbonyl (C=O) groups excluding carboxylic acids is 4. The Hall–Kier alpha value is -4.50. The van der Waals surface area contributed by atoms with Gasteiger partial charge in [0.25, 0.3) is 5.91 Å². The summed E-state index contributed by atoms with van der Waals surface area (Å²) in [6.45, 7) is 4.61. The van der Waals surface area contributed by atoms with Crippen molar-refractivity contribution in [3.63, 3.8) is 0 Å². The molecule has 1 aromatic carbocycles. The van der Waals surface area contributed by atoms with Crippen LogP contribution in [0.25, 0.3) is 5.76 Å². The van der Waals surface area contributed by atoms with Gasteiger partial charge in [-0.3, -0.25) is 24.1 Å². The molecule has 1 aromatic rings. The van der Waals surface area contributed by atoms with Crippen molar-refractivity contribution in [3.8, 4) is 5.75 Å². The largest absolute Gasteiger partial charge is 0.508 e. The number of nitroso groups, excluding NO2 is 1. The number of hydrogen-bond donors (Lipinski definition) is 6. The van der Waals surface area contributed by atoms with Crippen molar-refractivity contribution >= 4 is 40.5 Å². The molecule has 1 saturated carbocycles. The zero-order valence-corrected chi connectivity index (χ0v) is 25.6. The number of aromatic hydroxyl groups is 1. The third-order valence-electron chi connectivity index (χ3n) is 8.62. The second kappa shape index (κ2) is 10.9. The van der Waals surface area contributed by atoms with Crippen molar-refractivity contribution in [1.82, 2.24) is 9.91 Å². The lowest BCUT2D eigenvalue weighted by Crippen LogP contribution is -2.65. The molecule has 0 aromatic heterocycles. The van der Waals surface area contributed by atoms with E-state index in [2.05, 4.69) is 10.6 Å². The highest BCUT2D eigenvalue weighted by molar-refractivity contribution is 6.24. The van der Waals surface area contributed by atoms with E-state index in [1.165, 1.54) is 25.1 Å². The number of nitrogens with two attached hydrogens (primary N) is 1. The lowest BCUT2D eigenvalue weighted by atomic mass is 9.57. The summed E-state index contributed by atoms with van der Waals surface area (Å²) in [6, 6.07) is 0.293. The Morgan fingerprint density at radius 3 is 2.25 bits per heavy atom. The first-order chi connectivity index (χ1) is 20.3. The summed E-state index contributed by atoms with van der Waals surface area (Å²) < 4.78 is 0. The number of likely N-dealkylation sites (N-methyl/N-ethyl adjacent to an activating group) is 1. The predicted molar refractivity (Wildman–Crippen MR) is 159 cm³/mol. The highest BCUT2D eigenvalue weighted by atomic mass is 16.3. The Balaban J connectivity index is 1.89. The molecule has 2 unspecified atom stereocenters. The molecule has 2 amide bonds. The van der Waals surface area contributed by atoms with E-state index in [1.807, 2.05) is 0 Å². The van der Waals surface area contributed by atoms with Gasteiger partial charge in [0.05, 0.1) is 28.1 Å². The smallest absolute Gasteiger partial charge is 0.255 e. The Labute approximate surface area is 253 Å². The Bertz CT molecular complexity index is 1540. The number of hydrogen-bond acceptors (Lipinski definition) is 12. The predicted octanol–water partition coefficient (Wildman–Crippen LogP) is 0.750. The number of fused-ring (bicyclic) bond motifs is 3. The van der Waals surface area contributed by atoms with E-state index in [1.54, 1.807) is 39.8 Å². The maximum Gasteiger partial charge on any atom is 0.255 e. The lowest BCUT2D eigenvalue weighted by Gasteiger charge is -2.50. The van der Waals surface area contributed by atoms with Crippen LogP contribution in [0.4, 0.5) is 11.4 Å². The van der Waals surface area contributed by atoms with Gasteiger partial charge >= 0.3 is 0 Å². The SMILES string of the molecule is CN(C)c1cc(NC(=O)CN(N=O)C(C)(C)C)c(O)c2c1CC1CC3[C@H](N(C)C)C(=O)C(C(N)=O)=C(O)[C@@]3(O)C(=O)C1=C2O. The fourth-order valence-corrected chi connectivity index (χ4v) is 6.50. The van der Waals surface area contributed by atoms with E-state index in [0.29, 0.717) is 11.3 Å². The Morgan fingerprint density at radius 1 is 1.14 bits per heavy atom. The molecule has 0 spiro atoms. The van der Waals surface area contributed by atoms with E-state index in [0.717, 1.165) is 5.01 Å². The van der Waals surface area contributed by atoms with Gasteiger partial charge in [0.15, 0.2) is 11.4 Å². The molecule has 44 heavy (non-hydrogen) atoms. The molecule has 0 aliphatic heterocycles. The van der Waals surface area contributed by atoms with Crippen molar-refractivity contribution in [1.29, 1.82) is 0 Å². The van der Waals surface area contributed by atoms with Crippen LogP contribution in [0.1, 0.15) is 38.3 Å². The highest BCUT2D eigenvalue weighted by Crippen LogP contribution is 2.54. The molecule has 238 valence electrons. The van der Waals surface area contributed by atoms with Gasteiger partial charge < -0.3 is 36.4 Å². The van der Waals surface area contributed by atoms with E-state index < -0.39 is 81.8 Å². The zero-order valence-electron chi connectivity index (χ0n) is 25.6. The number of aliphatic hydroxyl groups excluding tert-OH is 2. The summed E-state index contributed by atoms with van der Waals surface area (Å²) in [5.41, 5.74) is 1.22. The number of aliphatic hydroxyl groups is 3. The van der Waals surface area contributed by atoms with Gasteiger partial charge in [0, 0.05) is 31.3 Å². The number of nitrogens with zero attached hydrogens (tertiary/aromatic N) is 4. The molecule has 1 fully saturated rings. The topological polar surface area (TPSA) is 226 Å². The first-order valence-electron chi connectivity index (χ1n) is 13.9. The van der Waals surface area contributed by atoms with Gasteiger partial charge in [-0.05, 0) is 65.3 Å². The molecule has 0 heterocycles. The van der Waals surface area contributed by atoms with Crippen LogP contribution in [0.3, 0.4) is 0 Å².